The van der Waals surface area contributed by atoms with Crippen molar-refractivity contribution in [3.8, 4) is 0 Å². The minimum atomic E-state index is -0.164. The summed E-state index contributed by atoms with van der Waals surface area (Å²) < 4.78 is 1.84. The summed E-state index contributed by atoms with van der Waals surface area (Å²) in [6.07, 6.45) is 3.88. The third kappa shape index (κ3) is 3.93. The Bertz CT molecular complexity index is 695. The van der Waals surface area contributed by atoms with Gasteiger partial charge >= 0.3 is 0 Å². The number of aromatic nitrogens is 3. The third-order valence-corrected chi connectivity index (χ3v) is 5.14. The number of nitrogens with zero attached hydrogens (tertiary/aromatic N) is 4. The van der Waals surface area contributed by atoms with E-state index in [0.29, 0.717) is 12.6 Å². The molecule has 1 aromatic carbocycles. The average molecular weight is 330 g/mol. The first-order chi connectivity index (χ1) is 11.0. The van der Waals surface area contributed by atoms with Gasteiger partial charge in [0.1, 0.15) is 6.33 Å². The molecule has 1 heterocycles. The van der Waals surface area contributed by atoms with E-state index in [9.17, 15) is 4.79 Å². The van der Waals surface area contributed by atoms with Gasteiger partial charge in [0.15, 0.2) is 5.16 Å². The van der Waals surface area contributed by atoms with Crippen LogP contribution >= 0.6 is 11.8 Å². The summed E-state index contributed by atoms with van der Waals surface area (Å²) in [5, 5.41) is 8.54. The molecule has 1 amide bonds. The second-order valence-corrected chi connectivity index (χ2v) is 7.48. The van der Waals surface area contributed by atoms with E-state index in [4.69, 9.17) is 0 Å². The van der Waals surface area contributed by atoms with Gasteiger partial charge in [0.05, 0.1) is 5.25 Å². The molecule has 0 aliphatic heterocycles. The molecule has 1 unspecified atom stereocenters. The molecule has 23 heavy (non-hydrogen) atoms. The average Bonchev–Trinajstić information content (AvgIpc) is 3.28. The predicted octanol–water partition coefficient (Wildman–Crippen LogP) is 2.80. The fourth-order valence-electron chi connectivity index (χ4n) is 2.60. The number of carbonyl (C=O) groups excluding carboxylic acids is 1. The van der Waals surface area contributed by atoms with Gasteiger partial charge < -0.3 is 9.47 Å². The Kier molecular flexibility index (Phi) is 4.71. The Hall–Kier alpha value is -1.82. The highest BCUT2D eigenvalue weighted by Gasteiger charge is 2.35. The van der Waals surface area contributed by atoms with Crippen LogP contribution in [0.25, 0.3) is 0 Å². The molecule has 0 saturated heterocycles. The summed E-state index contributed by atoms with van der Waals surface area (Å²) in [5.74, 6) is 0.182. The normalized spacial score (nSPS) is 15.4. The Morgan fingerprint density at radius 2 is 2.26 bits per heavy atom. The van der Waals surface area contributed by atoms with E-state index in [-0.39, 0.29) is 11.2 Å². The Labute approximate surface area is 141 Å². The van der Waals surface area contributed by atoms with Crippen molar-refractivity contribution in [1.82, 2.24) is 19.7 Å². The molecule has 1 aliphatic rings. The van der Waals surface area contributed by atoms with Crippen molar-refractivity contribution in [1.29, 1.82) is 0 Å². The van der Waals surface area contributed by atoms with Crippen LogP contribution in [0, 0.1) is 6.92 Å². The number of hydrogen-bond acceptors (Lipinski definition) is 4. The second-order valence-electron chi connectivity index (χ2n) is 6.17. The first kappa shape index (κ1) is 16.1. The maximum atomic E-state index is 12.9. The molecule has 1 saturated carbocycles. The van der Waals surface area contributed by atoms with Gasteiger partial charge in [-0.25, -0.2) is 0 Å². The number of thioether (sulfide) groups is 1. The summed E-state index contributed by atoms with van der Waals surface area (Å²) in [4.78, 5) is 14.9. The van der Waals surface area contributed by atoms with Gasteiger partial charge in [-0.05, 0) is 32.3 Å². The Balaban J connectivity index is 1.70. The van der Waals surface area contributed by atoms with Crippen LogP contribution in [-0.2, 0) is 18.4 Å². The summed E-state index contributed by atoms with van der Waals surface area (Å²) in [7, 11) is 1.89. The molecular weight excluding hydrogens is 308 g/mol. The lowest BCUT2D eigenvalue weighted by Gasteiger charge is -2.25. The zero-order valence-corrected chi connectivity index (χ0v) is 14.6. The van der Waals surface area contributed by atoms with E-state index in [0.717, 1.165) is 18.0 Å². The highest BCUT2D eigenvalue weighted by molar-refractivity contribution is 8.00. The van der Waals surface area contributed by atoms with E-state index >= 15 is 0 Å². The Morgan fingerprint density at radius 3 is 2.87 bits per heavy atom. The van der Waals surface area contributed by atoms with Gasteiger partial charge in [-0.2, -0.15) is 0 Å². The van der Waals surface area contributed by atoms with Gasteiger partial charge in [-0.3, -0.25) is 4.79 Å². The smallest absolute Gasteiger partial charge is 0.236 e. The molecule has 1 fully saturated rings. The highest BCUT2D eigenvalue weighted by atomic mass is 32.2. The van der Waals surface area contributed by atoms with Crippen molar-refractivity contribution < 1.29 is 4.79 Å². The zero-order chi connectivity index (χ0) is 16.4. The van der Waals surface area contributed by atoms with Gasteiger partial charge in [0.25, 0.3) is 0 Å². The van der Waals surface area contributed by atoms with Crippen LogP contribution in [-0.4, -0.2) is 36.9 Å². The number of aryl methyl sites for hydroxylation is 2. The van der Waals surface area contributed by atoms with Crippen LogP contribution in [0.3, 0.4) is 0 Å². The van der Waals surface area contributed by atoms with E-state index in [1.54, 1.807) is 6.33 Å². The van der Waals surface area contributed by atoms with Crippen molar-refractivity contribution in [3.63, 3.8) is 0 Å². The van der Waals surface area contributed by atoms with Gasteiger partial charge in [-0.15, -0.1) is 10.2 Å². The molecule has 122 valence electrons. The molecule has 1 atom stereocenters. The van der Waals surface area contributed by atoms with E-state index in [1.807, 2.05) is 23.4 Å². The lowest BCUT2D eigenvalue weighted by atomic mass is 10.1. The van der Waals surface area contributed by atoms with Gasteiger partial charge in [0, 0.05) is 19.6 Å². The fraction of sp³-hybridized carbons (Fsp3) is 0.471. The van der Waals surface area contributed by atoms with Crippen molar-refractivity contribution >= 4 is 17.7 Å². The monoisotopic (exact) mass is 330 g/mol. The minimum Gasteiger partial charge on any atom is -0.334 e. The molecule has 5 nitrogen and oxygen atoms in total. The standard InChI is InChI=1S/C17H22N4OS/c1-12-5-4-6-14(9-12)10-21(15-7-8-15)16(22)13(2)23-17-19-18-11-20(17)3/h4-6,9,11,13,15H,7-8,10H2,1-3H3. The maximum absolute atomic E-state index is 12.9. The predicted molar refractivity (Wildman–Crippen MR) is 91.1 cm³/mol. The largest absolute Gasteiger partial charge is 0.334 e. The molecule has 0 radical (unpaired) electrons. The molecule has 3 rings (SSSR count). The van der Waals surface area contributed by atoms with Crippen LogP contribution < -0.4 is 0 Å². The topological polar surface area (TPSA) is 51.0 Å². The minimum absolute atomic E-state index is 0.164. The summed E-state index contributed by atoms with van der Waals surface area (Å²) in [6, 6.07) is 8.78. The van der Waals surface area contributed by atoms with Crippen LogP contribution in [0.15, 0.2) is 35.7 Å². The zero-order valence-electron chi connectivity index (χ0n) is 13.8. The molecule has 2 aromatic rings. The Morgan fingerprint density at radius 1 is 1.48 bits per heavy atom. The molecule has 1 aromatic heterocycles. The molecule has 1 aliphatic carbocycles. The molecular formula is C17H22N4OS. The molecule has 0 bridgehead atoms. The van der Waals surface area contributed by atoms with Crippen LogP contribution in [0.1, 0.15) is 30.9 Å². The second kappa shape index (κ2) is 6.74. The lowest BCUT2D eigenvalue weighted by molar-refractivity contribution is -0.131. The van der Waals surface area contributed by atoms with Crippen LogP contribution in [0.5, 0.6) is 0 Å². The number of hydrogen-bond donors (Lipinski definition) is 0. The van der Waals surface area contributed by atoms with E-state index in [1.165, 1.54) is 22.9 Å². The third-order valence-electron chi connectivity index (χ3n) is 4.01. The first-order valence-electron chi connectivity index (χ1n) is 7.91. The van der Waals surface area contributed by atoms with Crippen LogP contribution in [0.2, 0.25) is 0 Å². The number of carbonyl (C=O) groups is 1. The van der Waals surface area contributed by atoms with Crippen LogP contribution in [0.4, 0.5) is 0 Å². The van der Waals surface area contributed by atoms with Crippen molar-refractivity contribution in [3.05, 3.63) is 41.7 Å². The fourth-order valence-corrected chi connectivity index (χ4v) is 3.46. The van der Waals surface area contributed by atoms with E-state index in [2.05, 4.69) is 41.4 Å². The molecule has 0 spiro atoms. The lowest BCUT2D eigenvalue weighted by Crippen LogP contribution is -2.37. The van der Waals surface area contributed by atoms with Gasteiger partial charge in [0.2, 0.25) is 5.91 Å². The number of benzene rings is 1. The number of amides is 1. The number of rotatable bonds is 6. The summed E-state index contributed by atoms with van der Waals surface area (Å²) in [6.45, 7) is 4.72. The quantitative estimate of drug-likeness (QED) is 0.764. The van der Waals surface area contributed by atoms with Crippen molar-refractivity contribution in [2.45, 2.75) is 49.7 Å². The first-order valence-corrected chi connectivity index (χ1v) is 8.79. The summed E-state index contributed by atoms with van der Waals surface area (Å²) >= 11 is 1.47. The molecule has 6 heteroatoms. The van der Waals surface area contributed by atoms with Gasteiger partial charge in [-0.1, -0.05) is 41.6 Å². The summed E-state index contributed by atoms with van der Waals surface area (Å²) in [5.41, 5.74) is 2.42. The van der Waals surface area contributed by atoms with Crippen molar-refractivity contribution in [2.75, 3.05) is 0 Å². The SMILES string of the molecule is Cc1cccc(CN(C(=O)C(C)Sc2nncn2C)C2CC2)c1. The van der Waals surface area contributed by atoms with E-state index < -0.39 is 0 Å². The highest BCUT2D eigenvalue weighted by Crippen LogP contribution is 2.31. The maximum Gasteiger partial charge on any atom is 0.236 e. The molecule has 0 N–H and O–H groups in total. The van der Waals surface area contributed by atoms with Crippen molar-refractivity contribution in [2.24, 2.45) is 7.05 Å².